The molecule has 13 nitrogen and oxygen atoms in total. The number of carbonyl (C=O) groups is 2. The van der Waals surface area contributed by atoms with Gasteiger partial charge in [-0.1, -0.05) is 38.1 Å². The molecule has 0 bridgehead atoms. The summed E-state index contributed by atoms with van der Waals surface area (Å²) in [6.45, 7) is 23.6. The Hall–Kier alpha value is -4.17. The van der Waals surface area contributed by atoms with E-state index in [0.29, 0.717) is 61.3 Å². The Bertz CT molecular complexity index is 1670. The molecule has 1 aromatic carbocycles. The van der Waals surface area contributed by atoms with Crippen LogP contribution >= 0.6 is 0 Å². The molecule has 14 heteroatoms. The molecule has 2 N–H and O–H groups in total. The van der Waals surface area contributed by atoms with Crippen LogP contribution in [-0.2, 0) is 9.16 Å². The van der Waals surface area contributed by atoms with Crippen LogP contribution in [0.15, 0.2) is 28.8 Å². The summed E-state index contributed by atoms with van der Waals surface area (Å²) in [4.78, 5) is 37.3. The third-order valence-corrected chi connectivity index (χ3v) is 14.0. The number of amides is 2. The molecular weight excluding hydrogens is 669 g/mol. The summed E-state index contributed by atoms with van der Waals surface area (Å²) >= 11 is 0. The molecule has 3 aromatic rings. The standard InChI is InChI=1S/C37H56N6O7Si/c1-23-31(30-24(2)41-49-25(30)3)39-33(40-32(23)38-27-16-18-43(19-17-27)34(44)45)26-14-13-15-28(20-26)47-22-29(50-51(11,12)37(7,8)9)21-42(10)35(46)48-36(4,5)6/h13-15,20,27,29H,16-19,21-22H2,1-12H3,(H,44,45)(H,38,39,40)/t29-/m0/s1. The molecule has 51 heavy (non-hydrogen) atoms. The van der Waals surface area contributed by atoms with Crippen molar-refractivity contribution in [3.63, 3.8) is 0 Å². The first-order chi connectivity index (χ1) is 23.6. The van der Waals surface area contributed by atoms with Crippen LogP contribution in [0.4, 0.5) is 15.4 Å². The third-order valence-electron chi connectivity index (χ3n) is 9.50. The highest BCUT2D eigenvalue weighted by Gasteiger charge is 2.40. The lowest BCUT2D eigenvalue weighted by Gasteiger charge is -2.40. The molecular formula is C37H56N6O7Si. The molecule has 2 aromatic heterocycles. The van der Waals surface area contributed by atoms with Crippen LogP contribution in [0.25, 0.3) is 22.6 Å². The van der Waals surface area contributed by atoms with Gasteiger partial charge in [-0.2, -0.15) is 0 Å². The van der Waals surface area contributed by atoms with E-state index in [-0.39, 0.29) is 17.7 Å². The van der Waals surface area contributed by atoms with Gasteiger partial charge in [0, 0.05) is 37.3 Å². The van der Waals surface area contributed by atoms with Crippen molar-refractivity contribution in [2.75, 3.05) is 38.6 Å². The van der Waals surface area contributed by atoms with Crippen molar-refractivity contribution < 1.29 is 33.1 Å². The number of carbonyl (C=O) groups excluding carboxylic acids is 1. The van der Waals surface area contributed by atoms with Gasteiger partial charge in [-0.05, 0) is 84.6 Å². The minimum Gasteiger partial charge on any atom is -0.491 e. The summed E-state index contributed by atoms with van der Waals surface area (Å²) in [5.74, 6) is 2.42. The average Bonchev–Trinajstić information content (AvgIpc) is 3.36. The second kappa shape index (κ2) is 15.6. The number of hydrogen-bond donors (Lipinski definition) is 2. The molecule has 0 unspecified atom stereocenters. The molecule has 0 saturated carbocycles. The van der Waals surface area contributed by atoms with E-state index in [1.54, 1.807) is 11.9 Å². The number of hydrogen-bond acceptors (Lipinski definition) is 10. The molecule has 280 valence electrons. The lowest BCUT2D eigenvalue weighted by molar-refractivity contribution is 0.0172. The van der Waals surface area contributed by atoms with Crippen LogP contribution in [0.3, 0.4) is 0 Å². The Labute approximate surface area is 303 Å². The van der Waals surface area contributed by atoms with E-state index in [1.165, 1.54) is 4.90 Å². The highest BCUT2D eigenvalue weighted by Crippen LogP contribution is 2.38. The van der Waals surface area contributed by atoms with Crippen molar-refractivity contribution in [1.82, 2.24) is 24.9 Å². The van der Waals surface area contributed by atoms with E-state index in [9.17, 15) is 14.7 Å². The number of ether oxygens (including phenoxy) is 2. The average molecular weight is 725 g/mol. The molecule has 2 amide bonds. The van der Waals surface area contributed by atoms with Crippen molar-refractivity contribution in [3.05, 3.63) is 41.3 Å². The number of anilines is 1. The lowest BCUT2D eigenvalue weighted by atomic mass is 10.0. The third kappa shape index (κ3) is 10.2. The zero-order chi connectivity index (χ0) is 37.9. The van der Waals surface area contributed by atoms with Crippen LogP contribution in [-0.4, -0.2) is 102 Å². The van der Waals surface area contributed by atoms with Gasteiger partial charge in [-0.15, -0.1) is 0 Å². The summed E-state index contributed by atoms with van der Waals surface area (Å²) in [7, 11) is -0.519. The number of likely N-dealkylation sites (N-methyl/N-ethyl adjacent to an activating group) is 1. The zero-order valence-corrected chi connectivity index (χ0v) is 33.3. The number of rotatable bonds is 11. The Morgan fingerprint density at radius 3 is 2.33 bits per heavy atom. The van der Waals surface area contributed by atoms with E-state index in [2.05, 4.69) is 44.3 Å². The molecule has 1 atom stereocenters. The van der Waals surface area contributed by atoms with Crippen molar-refractivity contribution in [3.8, 4) is 28.4 Å². The monoisotopic (exact) mass is 724 g/mol. The number of likely N-dealkylation sites (tertiary alicyclic amines) is 1. The highest BCUT2D eigenvalue weighted by atomic mass is 28.4. The second-order valence-corrected chi connectivity index (χ2v) is 20.7. The van der Waals surface area contributed by atoms with Crippen LogP contribution < -0.4 is 10.1 Å². The van der Waals surface area contributed by atoms with Crippen LogP contribution in [0.5, 0.6) is 5.75 Å². The number of piperidine rings is 1. The van der Waals surface area contributed by atoms with E-state index in [1.807, 2.05) is 65.8 Å². The van der Waals surface area contributed by atoms with Crippen molar-refractivity contribution in [2.24, 2.45) is 0 Å². The molecule has 3 heterocycles. The predicted octanol–water partition coefficient (Wildman–Crippen LogP) is 7.91. The minimum absolute atomic E-state index is 0.0453. The molecule has 1 aliphatic rings. The molecule has 4 rings (SSSR count). The highest BCUT2D eigenvalue weighted by molar-refractivity contribution is 6.74. The maximum atomic E-state index is 12.9. The van der Waals surface area contributed by atoms with Gasteiger partial charge in [0.1, 0.15) is 29.5 Å². The van der Waals surface area contributed by atoms with E-state index >= 15 is 0 Å². The number of aryl methyl sites for hydroxylation is 2. The van der Waals surface area contributed by atoms with Gasteiger partial charge in [0.25, 0.3) is 0 Å². The van der Waals surface area contributed by atoms with Crippen molar-refractivity contribution in [1.29, 1.82) is 0 Å². The predicted molar refractivity (Wildman–Crippen MR) is 200 cm³/mol. The Morgan fingerprint density at radius 2 is 1.76 bits per heavy atom. The molecule has 1 fully saturated rings. The largest absolute Gasteiger partial charge is 0.491 e. The van der Waals surface area contributed by atoms with Crippen LogP contribution in [0, 0.1) is 20.8 Å². The van der Waals surface area contributed by atoms with Gasteiger partial charge >= 0.3 is 12.2 Å². The fourth-order valence-corrected chi connectivity index (χ4v) is 6.94. The maximum Gasteiger partial charge on any atom is 0.410 e. The number of benzene rings is 1. The normalized spacial score (nSPS) is 15.0. The SMILES string of the molecule is Cc1noc(C)c1-c1nc(-c2cccc(OC[C@H](CN(C)C(=O)OC(C)(C)C)O[Si](C)(C)C(C)(C)C)c2)nc(NC2CCN(C(=O)O)CC2)c1C. The van der Waals surface area contributed by atoms with Crippen molar-refractivity contribution >= 4 is 26.3 Å². The fraction of sp³-hybridized carbons (Fsp3) is 0.595. The van der Waals surface area contributed by atoms with Gasteiger partial charge in [0.05, 0.1) is 29.6 Å². The Morgan fingerprint density at radius 1 is 1.10 bits per heavy atom. The molecule has 0 spiro atoms. The van der Waals surface area contributed by atoms with E-state index < -0.39 is 32.2 Å². The smallest absolute Gasteiger partial charge is 0.410 e. The second-order valence-electron chi connectivity index (χ2n) is 16.0. The Kier molecular flexibility index (Phi) is 12.1. The van der Waals surface area contributed by atoms with Gasteiger partial charge in [0.2, 0.25) is 0 Å². The molecule has 1 aliphatic heterocycles. The topological polar surface area (TPSA) is 152 Å². The number of nitrogens with zero attached hydrogens (tertiary/aromatic N) is 5. The van der Waals surface area contributed by atoms with Crippen molar-refractivity contribution in [2.45, 2.75) is 111 Å². The summed E-state index contributed by atoms with van der Waals surface area (Å²) in [5.41, 5.74) is 3.22. The number of nitrogens with one attached hydrogen (secondary N) is 1. The van der Waals surface area contributed by atoms with Crippen LogP contribution in [0.1, 0.15) is 71.4 Å². The van der Waals surface area contributed by atoms with Gasteiger partial charge < -0.3 is 38.6 Å². The summed E-state index contributed by atoms with van der Waals surface area (Å²) < 4.78 is 24.3. The maximum absolute atomic E-state index is 12.9. The molecule has 1 saturated heterocycles. The number of carboxylic acid groups (broad SMARTS) is 1. The number of aromatic nitrogens is 3. The Balaban J connectivity index is 1.63. The lowest BCUT2D eigenvalue weighted by Crippen LogP contribution is -2.49. The van der Waals surface area contributed by atoms with Gasteiger partial charge in [-0.3, -0.25) is 0 Å². The fourth-order valence-electron chi connectivity index (χ4n) is 5.61. The summed E-state index contributed by atoms with van der Waals surface area (Å²) in [6.07, 6.45) is -0.398. The summed E-state index contributed by atoms with van der Waals surface area (Å²) in [5, 5.41) is 17.1. The van der Waals surface area contributed by atoms with Crippen LogP contribution in [0.2, 0.25) is 18.1 Å². The zero-order valence-electron chi connectivity index (χ0n) is 32.3. The molecule has 0 radical (unpaired) electrons. The van der Waals surface area contributed by atoms with Gasteiger partial charge in [0.15, 0.2) is 14.1 Å². The first-order valence-corrected chi connectivity index (χ1v) is 20.5. The molecule has 0 aliphatic carbocycles. The quantitative estimate of drug-likeness (QED) is 0.186. The van der Waals surface area contributed by atoms with E-state index in [4.69, 9.17) is 28.4 Å². The van der Waals surface area contributed by atoms with Gasteiger partial charge in [-0.25, -0.2) is 19.6 Å². The van der Waals surface area contributed by atoms with E-state index in [0.717, 1.165) is 22.4 Å². The first-order valence-electron chi connectivity index (χ1n) is 17.6. The minimum atomic E-state index is -2.23. The summed E-state index contributed by atoms with van der Waals surface area (Å²) in [6, 6.07) is 7.66. The first kappa shape index (κ1) is 39.6.